The molecule has 3 fully saturated rings. The summed E-state index contributed by atoms with van der Waals surface area (Å²) in [6, 6.07) is 11.8. The van der Waals surface area contributed by atoms with Crippen molar-refractivity contribution < 1.29 is 32.5 Å². The number of aromatic nitrogens is 2. The van der Waals surface area contributed by atoms with E-state index in [1.807, 2.05) is 28.9 Å². The van der Waals surface area contributed by atoms with Crippen LogP contribution in [0.15, 0.2) is 60.8 Å². The van der Waals surface area contributed by atoms with E-state index in [9.17, 15) is 23.6 Å². The molecule has 5 aliphatic rings. The zero-order valence-corrected chi connectivity index (χ0v) is 32.7. The number of carbonyl (C=O) groups excluding carboxylic acids is 4. The molecule has 12 nitrogen and oxygen atoms in total. The number of piperidine rings is 2. The second kappa shape index (κ2) is 17.6. The second-order valence-electron chi connectivity index (χ2n) is 16.4. The molecule has 0 bridgehead atoms. The van der Waals surface area contributed by atoms with Crippen molar-refractivity contribution in [3.63, 3.8) is 0 Å². The third-order valence-electron chi connectivity index (χ3n) is 12.5. The molecule has 2 atom stereocenters. The minimum atomic E-state index is -0.549. The number of rotatable bonds is 10. The molecule has 1 saturated carbocycles. The van der Waals surface area contributed by atoms with Gasteiger partial charge in [-0.15, -0.1) is 0 Å². The number of nitrogens with zero attached hydrogens (tertiary/aromatic N) is 5. The van der Waals surface area contributed by atoms with Gasteiger partial charge in [0.25, 0.3) is 5.91 Å². The number of hydrogen-bond acceptors (Lipinski definition) is 9. The molecule has 2 unspecified atom stereocenters. The topological polar surface area (TPSA) is 140 Å². The number of imide groups is 1. The molecule has 1 aromatic heterocycles. The van der Waals surface area contributed by atoms with Gasteiger partial charge >= 0.3 is 5.91 Å². The van der Waals surface area contributed by atoms with Gasteiger partial charge in [-0.25, -0.2) is 23.5 Å². The molecule has 8 rings (SSSR count). The fraction of sp³-hybridized carbons (Fsp3) is 0.477. The van der Waals surface area contributed by atoms with Crippen LogP contribution in [-0.4, -0.2) is 94.1 Å². The maximum Gasteiger partial charge on any atom is 0.389 e. The fourth-order valence-corrected chi connectivity index (χ4v) is 9.15. The minimum absolute atomic E-state index is 0.0349. The van der Waals surface area contributed by atoms with Crippen molar-refractivity contribution in [2.24, 2.45) is 11.8 Å². The van der Waals surface area contributed by atoms with Crippen molar-refractivity contribution in [2.45, 2.75) is 88.6 Å². The van der Waals surface area contributed by atoms with Gasteiger partial charge in [-0.3, -0.25) is 19.7 Å². The summed E-state index contributed by atoms with van der Waals surface area (Å²) >= 11 is 0. The molecule has 0 radical (unpaired) electrons. The largest absolute Gasteiger partial charge is 0.389 e. The smallest absolute Gasteiger partial charge is 0.374 e. The number of amides is 4. The highest BCUT2D eigenvalue weighted by Crippen LogP contribution is 2.33. The number of nitrogens with one attached hydrogen (secondary N) is 3. The molecule has 58 heavy (non-hydrogen) atoms. The lowest BCUT2D eigenvalue weighted by atomic mass is 9.85. The number of anilines is 3. The number of benzene rings is 2. The first kappa shape index (κ1) is 39.5. The van der Waals surface area contributed by atoms with Gasteiger partial charge in [0.15, 0.2) is 12.4 Å². The lowest BCUT2D eigenvalue weighted by Gasteiger charge is -2.35. The monoisotopic (exact) mass is 793 g/mol. The fourth-order valence-electron chi connectivity index (χ4n) is 9.15. The van der Waals surface area contributed by atoms with E-state index in [1.165, 1.54) is 12.3 Å². The molecule has 2 aromatic carbocycles. The van der Waals surface area contributed by atoms with E-state index in [-0.39, 0.29) is 59.4 Å². The number of carbonyl (C=O) groups is 4. The normalized spacial score (nSPS) is 24.6. The Morgan fingerprint density at radius 1 is 0.914 bits per heavy atom. The molecule has 5 heterocycles. The summed E-state index contributed by atoms with van der Waals surface area (Å²) in [5.41, 5.74) is 2.69. The van der Waals surface area contributed by atoms with Crippen molar-refractivity contribution in [1.29, 1.82) is 0 Å². The molecule has 4 aliphatic heterocycles. The summed E-state index contributed by atoms with van der Waals surface area (Å²) in [4.78, 5) is 62.4. The Bertz CT molecular complexity index is 2110. The van der Waals surface area contributed by atoms with Gasteiger partial charge in [-0.1, -0.05) is 24.3 Å². The van der Waals surface area contributed by atoms with Crippen molar-refractivity contribution in [3.8, 4) is 11.3 Å². The summed E-state index contributed by atoms with van der Waals surface area (Å²) in [6.07, 6.45) is 14.7. The third-order valence-corrected chi connectivity index (χ3v) is 12.5. The van der Waals surface area contributed by atoms with Crippen molar-refractivity contribution in [1.82, 2.24) is 20.2 Å². The standard InChI is InChI=1S/C44H50F2N8O4/c45-36-25-33(48-38-13-14-39(55)50-42(38)57)11-12-35(36)29-17-20-52(21-18-29)27-28-15-22-53(23-16-28)43(58)30-7-9-32(10-8-30)49-44-47-26-37(46)41(51-44)31-4-3-5-34(24-31)54-19-2-1-6-40(54)56/h1,3-6,11-12,22,24-26,28-30,32,38,48H,2,7-10,13-21,23,27H2,(H-,47,49,50,51,55,57)/p+1. The van der Waals surface area contributed by atoms with Gasteiger partial charge < -0.3 is 20.4 Å². The van der Waals surface area contributed by atoms with Gasteiger partial charge in [0.1, 0.15) is 23.8 Å². The van der Waals surface area contributed by atoms with Gasteiger partial charge in [0.05, 0.1) is 12.1 Å². The molecule has 3 aromatic rings. The molecule has 14 heteroatoms. The summed E-state index contributed by atoms with van der Waals surface area (Å²) < 4.78 is 32.1. The van der Waals surface area contributed by atoms with E-state index < -0.39 is 11.9 Å². The van der Waals surface area contributed by atoms with Crippen LogP contribution in [0.3, 0.4) is 0 Å². The molecule has 304 valence electrons. The summed E-state index contributed by atoms with van der Waals surface area (Å²) in [7, 11) is 0. The Morgan fingerprint density at radius 2 is 1.74 bits per heavy atom. The van der Waals surface area contributed by atoms with E-state index >= 15 is 4.39 Å². The molecule has 4 amide bonds. The highest BCUT2D eigenvalue weighted by molar-refractivity contribution is 6.02. The second-order valence-corrected chi connectivity index (χ2v) is 16.4. The molecule has 2 saturated heterocycles. The Morgan fingerprint density at radius 3 is 2.48 bits per heavy atom. The predicted molar refractivity (Wildman–Crippen MR) is 216 cm³/mol. The Labute approximate surface area is 337 Å². The van der Waals surface area contributed by atoms with Crippen LogP contribution in [0, 0.1) is 23.5 Å². The van der Waals surface area contributed by atoms with Crippen LogP contribution in [0.1, 0.15) is 82.1 Å². The van der Waals surface area contributed by atoms with Crippen molar-refractivity contribution in [3.05, 3.63) is 78.0 Å². The van der Waals surface area contributed by atoms with Crippen molar-refractivity contribution >= 4 is 47.2 Å². The molecular formula is C44H51F2N8O4+. The van der Waals surface area contributed by atoms with E-state index in [0.29, 0.717) is 47.3 Å². The lowest BCUT2D eigenvalue weighted by Crippen LogP contribution is -2.47. The Kier molecular flexibility index (Phi) is 12.0. The predicted octanol–water partition coefficient (Wildman–Crippen LogP) is 5.80. The molecule has 0 spiro atoms. The quantitative estimate of drug-likeness (QED) is 0.172. The minimum Gasteiger partial charge on any atom is -0.374 e. The van der Waals surface area contributed by atoms with Gasteiger partial charge in [0, 0.05) is 55.3 Å². The van der Waals surface area contributed by atoms with Crippen LogP contribution in [-0.2, 0) is 19.2 Å². The molecule has 3 N–H and O–H groups in total. The number of halogens is 2. The first-order chi connectivity index (χ1) is 28.2. The van der Waals surface area contributed by atoms with Gasteiger partial charge in [-0.2, -0.15) is 4.58 Å². The van der Waals surface area contributed by atoms with Gasteiger partial charge in [-0.05, 0) is 112 Å². The third kappa shape index (κ3) is 9.17. The van der Waals surface area contributed by atoms with E-state index in [2.05, 4.69) is 37.0 Å². The Hall–Kier alpha value is -5.37. The van der Waals surface area contributed by atoms with Crippen LogP contribution in [0.25, 0.3) is 11.3 Å². The highest BCUT2D eigenvalue weighted by Gasteiger charge is 2.36. The SMILES string of the molecule is O=C1CCC(Nc2ccc(C3CCN(CC4CC=[N+](C(=O)C5CCC(Nc6ncc(F)c(-c7cccc(N8CCC=CC8=O)c7)n6)CC5)CC4)CC3)c(F)c2)C(=O)N1. The summed E-state index contributed by atoms with van der Waals surface area (Å²) in [6.45, 7) is 4.05. The number of hydrogen-bond donors (Lipinski definition) is 3. The average Bonchev–Trinajstić information content (AvgIpc) is 3.23. The first-order valence-electron chi connectivity index (χ1n) is 20.8. The zero-order chi connectivity index (χ0) is 40.2. The highest BCUT2D eigenvalue weighted by atomic mass is 19.1. The van der Waals surface area contributed by atoms with Gasteiger partial charge in [0.2, 0.25) is 17.8 Å². The van der Waals surface area contributed by atoms with Crippen LogP contribution in [0.5, 0.6) is 0 Å². The van der Waals surface area contributed by atoms with Crippen LogP contribution in [0.4, 0.5) is 26.1 Å². The zero-order valence-electron chi connectivity index (χ0n) is 32.7. The maximum absolute atomic E-state index is 15.2. The number of likely N-dealkylation sites (tertiary alicyclic amines) is 1. The molecular weight excluding hydrogens is 743 g/mol. The summed E-state index contributed by atoms with van der Waals surface area (Å²) in [5.74, 6) is -0.449. The van der Waals surface area contributed by atoms with Crippen LogP contribution < -0.4 is 20.9 Å². The van der Waals surface area contributed by atoms with Crippen molar-refractivity contribution in [2.75, 3.05) is 48.3 Å². The lowest BCUT2D eigenvalue weighted by molar-refractivity contribution is -0.456. The molecule has 1 aliphatic carbocycles. The van der Waals surface area contributed by atoms with E-state index in [0.717, 1.165) is 84.0 Å². The van der Waals surface area contributed by atoms with Crippen LogP contribution >= 0.6 is 0 Å². The van der Waals surface area contributed by atoms with E-state index in [4.69, 9.17) is 0 Å². The maximum atomic E-state index is 15.2. The summed E-state index contributed by atoms with van der Waals surface area (Å²) in [5, 5.41) is 8.77. The average molecular weight is 794 g/mol. The Balaban J connectivity index is 0.773. The van der Waals surface area contributed by atoms with E-state index in [1.54, 1.807) is 29.2 Å². The first-order valence-corrected chi connectivity index (χ1v) is 20.8. The van der Waals surface area contributed by atoms with Crippen LogP contribution in [0.2, 0.25) is 0 Å².